The van der Waals surface area contributed by atoms with E-state index in [1.54, 1.807) is 7.11 Å². The van der Waals surface area contributed by atoms with Crippen molar-refractivity contribution in [1.82, 2.24) is 0 Å². The molecule has 0 aromatic carbocycles. The van der Waals surface area contributed by atoms with Gasteiger partial charge in [0.05, 0.1) is 17.8 Å². The van der Waals surface area contributed by atoms with Crippen molar-refractivity contribution in [3.8, 4) is 0 Å². The van der Waals surface area contributed by atoms with Crippen LogP contribution in [-0.4, -0.2) is 38.8 Å². The molecule has 0 atom stereocenters. The Morgan fingerprint density at radius 3 is 2.19 bits per heavy atom. The molecular formula is C11H21BO4. The average molecular weight is 228 g/mol. The van der Waals surface area contributed by atoms with Crippen molar-refractivity contribution >= 4 is 7.12 Å². The predicted octanol–water partition coefficient (Wildman–Crippen LogP) is 1.79. The van der Waals surface area contributed by atoms with Crippen molar-refractivity contribution in [3.05, 3.63) is 12.1 Å². The summed E-state index contributed by atoms with van der Waals surface area (Å²) < 4.78 is 21.4. The summed E-state index contributed by atoms with van der Waals surface area (Å²) in [6.45, 7) is 8.92. The lowest BCUT2D eigenvalue weighted by atomic mass is 9.90. The van der Waals surface area contributed by atoms with E-state index in [1.807, 2.05) is 39.7 Å². The second kappa shape index (κ2) is 5.32. The Kier molecular flexibility index (Phi) is 4.56. The monoisotopic (exact) mass is 228 g/mol. The second-order valence-corrected chi connectivity index (χ2v) is 4.83. The number of ether oxygens (including phenoxy) is 2. The lowest BCUT2D eigenvalue weighted by molar-refractivity contribution is -0.0186. The zero-order chi connectivity index (χ0) is 12.2. The number of methoxy groups -OCH3 is 1. The highest BCUT2D eigenvalue weighted by atomic mass is 16.7. The highest BCUT2D eigenvalue weighted by Crippen LogP contribution is 2.36. The van der Waals surface area contributed by atoms with Gasteiger partial charge in [0.1, 0.15) is 6.79 Å². The first-order valence-electron chi connectivity index (χ1n) is 5.48. The normalized spacial score (nSPS) is 23.2. The molecule has 5 heteroatoms. The Morgan fingerprint density at radius 1 is 1.12 bits per heavy atom. The molecule has 0 aliphatic carbocycles. The van der Waals surface area contributed by atoms with Crippen LogP contribution in [0.2, 0.25) is 0 Å². The molecule has 0 aromatic rings. The summed E-state index contributed by atoms with van der Waals surface area (Å²) in [5.41, 5.74) is -0.565. The topological polar surface area (TPSA) is 36.9 Å². The molecule has 16 heavy (non-hydrogen) atoms. The van der Waals surface area contributed by atoms with Gasteiger partial charge >= 0.3 is 7.12 Å². The van der Waals surface area contributed by atoms with E-state index in [1.165, 1.54) is 0 Å². The van der Waals surface area contributed by atoms with Crippen LogP contribution in [0.4, 0.5) is 0 Å². The molecule has 0 amide bonds. The van der Waals surface area contributed by atoms with Crippen molar-refractivity contribution in [1.29, 1.82) is 0 Å². The summed E-state index contributed by atoms with van der Waals surface area (Å²) in [7, 11) is 1.30. The molecule has 0 unspecified atom stereocenters. The van der Waals surface area contributed by atoms with E-state index >= 15 is 0 Å². The molecule has 92 valence electrons. The number of rotatable bonds is 5. The summed E-state index contributed by atoms with van der Waals surface area (Å²) in [5.74, 6) is 1.87. The van der Waals surface area contributed by atoms with Crippen molar-refractivity contribution in [2.24, 2.45) is 0 Å². The molecule has 1 aliphatic rings. The Balaban J connectivity index is 2.36. The van der Waals surface area contributed by atoms with Gasteiger partial charge < -0.3 is 18.8 Å². The quantitative estimate of drug-likeness (QED) is 0.408. The van der Waals surface area contributed by atoms with Crippen LogP contribution in [0.1, 0.15) is 27.7 Å². The standard InChI is InChI=1S/C11H21BO4/c1-10(2)11(3,4)16-12(15-10)7-6-8-14-9-13-5/h6-7H,8-9H2,1-5H3/b7-6-. The minimum atomic E-state index is -0.295. The molecule has 0 saturated carbocycles. The van der Waals surface area contributed by atoms with Gasteiger partial charge in [-0.25, -0.2) is 0 Å². The van der Waals surface area contributed by atoms with E-state index in [0.29, 0.717) is 13.4 Å². The van der Waals surface area contributed by atoms with Crippen molar-refractivity contribution in [3.63, 3.8) is 0 Å². The van der Waals surface area contributed by atoms with Gasteiger partial charge in [0, 0.05) is 7.11 Å². The maximum Gasteiger partial charge on any atom is 0.486 e. The van der Waals surface area contributed by atoms with E-state index in [0.717, 1.165) is 0 Å². The first-order chi connectivity index (χ1) is 7.39. The molecule has 1 rings (SSSR count). The van der Waals surface area contributed by atoms with E-state index in [9.17, 15) is 0 Å². The van der Waals surface area contributed by atoms with Gasteiger partial charge in [-0.2, -0.15) is 0 Å². The van der Waals surface area contributed by atoms with Gasteiger partial charge in [-0.05, 0) is 27.7 Å². The molecule has 0 aromatic heterocycles. The van der Waals surface area contributed by atoms with Crippen LogP contribution in [0.5, 0.6) is 0 Å². The van der Waals surface area contributed by atoms with Crippen LogP contribution in [0.3, 0.4) is 0 Å². The van der Waals surface area contributed by atoms with Gasteiger partial charge in [0.25, 0.3) is 0 Å². The summed E-state index contributed by atoms with van der Waals surface area (Å²) in [6.07, 6.45) is 1.88. The number of hydrogen-bond donors (Lipinski definition) is 0. The molecule has 0 radical (unpaired) electrons. The highest BCUT2D eigenvalue weighted by Gasteiger charge is 2.49. The van der Waals surface area contributed by atoms with Gasteiger partial charge in [-0.1, -0.05) is 12.1 Å². The molecule has 0 bridgehead atoms. The molecule has 0 N–H and O–H groups in total. The molecule has 0 spiro atoms. The van der Waals surface area contributed by atoms with Gasteiger partial charge in [0.15, 0.2) is 0 Å². The van der Waals surface area contributed by atoms with Gasteiger partial charge in [-0.3, -0.25) is 0 Å². The van der Waals surface area contributed by atoms with Crippen molar-refractivity contribution in [2.45, 2.75) is 38.9 Å². The Morgan fingerprint density at radius 2 is 1.69 bits per heavy atom. The molecule has 4 nitrogen and oxygen atoms in total. The van der Waals surface area contributed by atoms with E-state index in [-0.39, 0.29) is 18.3 Å². The fraction of sp³-hybridized carbons (Fsp3) is 0.818. The predicted molar refractivity (Wildman–Crippen MR) is 63.1 cm³/mol. The third-order valence-corrected chi connectivity index (χ3v) is 2.98. The first-order valence-corrected chi connectivity index (χ1v) is 5.48. The van der Waals surface area contributed by atoms with Crippen LogP contribution < -0.4 is 0 Å². The molecule has 1 fully saturated rings. The molecular weight excluding hydrogens is 207 g/mol. The van der Waals surface area contributed by atoms with Crippen molar-refractivity contribution < 1.29 is 18.8 Å². The Labute approximate surface area is 98.0 Å². The second-order valence-electron chi connectivity index (χ2n) is 4.83. The summed E-state index contributed by atoms with van der Waals surface area (Å²) in [6, 6.07) is 0. The fourth-order valence-corrected chi connectivity index (χ4v) is 1.33. The summed E-state index contributed by atoms with van der Waals surface area (Å²) >= 11 is 0. The molecule has 1 heterocycles. The maximum absolute atomic E-state index is 5.77. The lowest BCUT2D eigenvalue weighted by Crippen LogP contribution is -2.41. The molecule has 1 saturated heterocycles. The van der Waals surface area contributed by atoms with Crippen LogP contribution in [0, 0.1) is 0 Å². The third-order valence-electron chi connectivity index (χ3n) is 2.98. The highest BCUT2D eigenvalue weighted by molar-refractivity contribution is 6.51. The van der Waals surface area contributed by atoms with E-state index in [2.05, 4.69) is 0 Å². The number of hydrogen-bond acceptors (Lipinski definition) is 4. The average Bonchev–Trinajstić information content (AvgIpc) is 2.35. The Bertz CT molecular complexity index is 234. The minimum Gasteiger partial charge on any atom is -0.400 e. The first kappa shape index (κ1) is 13.7. The zero-order valence-electron chi connectivity index (χ0n) is 10.8. The minimum absolute atomic E-state index is 0.282. The van der Waals surface area contributed by atoms with Crippen LogP contribution in [-0.2, 0) is 18.8 Å². The SMILES string of the molecule is COCOC/C=C\B1OC(C)(C)C(C)(C)O1. The van der Waals surface area contributed by atoms with Gasteiger partial charge in [0.2, 0.25) is 0 Å². The fourth-order valence-electron chi connectivity index (χ4n) is 1.33. The van der Waals surface area contributed by atoms with Crippen LogP contribution in [0.25, 0.3) is 0 Å². The largest absolute Gasteiger partial charge is 0.486 e. The van der Waals surface area contributed by atoms with Crippen molar-refractivity contribution in [2.75, 3.05) is 20.5 Å². The van der Waals surface area contributed by atoms with E-state index in [4.69, 9.17) is 18.8 Å². The zero-order valence-corrected chi connectivity index (χ0v) is 10.8. The van der Waals surface area contributed by atoms with E-state index < -0.39 is 0 Å². The Hall–Kier alpha value is -0.355. The molecule has 1 aliphatic heterocycles. The smallest absolute Gasteiger partial charge is 0.400 e. The summed E-state index contributed by atoms with van der Waals surface area (Å²) in [4.78, 5) is 0. The lowest BCUT2D eigenvalue weighted by Gasteiger charge is -2.32. The summed E-state index contributed by atoms with van der Waals surface area (Å²) in [5, 5.41) is 0. The van der Waals surface area contributed by atoms with Crippen LogP contribution in [0.15, 0.2) is 12.1 Å². The van der Waals surface area contributed by atoms with Gasteiger partial charge in [-0.15, -0.1) is 0 Å². The maximum atomic E-state index is 5.77. The third kappa shape index (κ3) is 3.32. The van der Waals surface area contributed by atoms with Crippen LogP contribution >= 0.6 is 0 Å².